The number of aromatic amines is 1. The van der Waals surface area contributed by atoms with Gasteiger partial charge >= 0.3 is 5.97 Å². The van der Waals surface area contributed by atoms with Gasteiger partial charge in [-0.25, -0.2) is 9.78 Å². The molecular formula is C16H16N2O3S. The summed E-state index contributed by atoms with van der Waals surface area (Å²) in [6.07, 6.45) is 0. The summed E-state index contributed by atoms with van der Waals surface area (Å²) in [7, 11) is 1.36. The summed E-state index contributed by atoms with van der Waals surface area (Å²) in [5.41, 5.74) is 1.16. The van der Waals surface area contributed by atoms with E-state index >= 15 is 0 Å². The SMILES string of the molecule is COC(=O)c1ccc2nc(-c3ccc(C(C)(C)O)s3)[nH]c2c1. The molecule has 0 atom stereocenters. The molecule has 3 aromatic rings. The van der Waals surface area contributed by atoms with Crippen LogP contribution in [0, 0.1) is 0 Å². The number of benzene rings is 1. The highest BCUT2D eigenvalue weighted by molar-refractivity contribution is 7.15. The molecule has 0 spiro atoms. The Morgan fingerprint density at radius 1 is 1.32 bits per heavy atom. The van der Waals surface area contributed by atoms with Crippen LogP contribution in [0.15, 0.2) is 30.3 Å². The van der Waals surface area contributed by atoms with Gasteiger partial charge in [0.25, 0.3) is 0 Å². The third-order valence-electron chi connectivity index (χ3n) is 3.35. The number of nitrogens with zero attached hydrogens (tertiary/aromatic N) is 1. The fourth-order valence-corrected chi connectivity index (χ4v) is 3.12. The highest BCUT2D eigenvalue weighted by Crippen LogP contribution is 2.33. The van der Waals surface area contributed by atoms with Gasteiger partial charge in [-0.3, -0.25) is 0 Å². The van der Waals surface area contributed by atoms with Gasteiger partial charge in [-0.05, 0) is 44.2 Å². The van der Waals surface area contributed by atoms with Crippen molar-refractivity contribution in [2.24, 2.45) is 0 Å². The van der Waals surface area contributed by atoms with Gasteiger partial charge in [-0.15, -0.1) is 11.3 Å². The zero-order valence-corrected chi connectivity index (χ0v) is 13.3. The molecule has 3 rings (SSSR count). The van der Waals surface area contributed by atoms with Crippen molar-refractivity contribution >= 4 is 28.3 Å². The molecule has 0 aliphatic rings. The van der Waals surface area contributed by atoms with Gasteiger partial charge in [-0.2, -0.15) is 0 Å². The highest BCUT2D eigenvalue weighted by atomic mass is 32.1. The average molecular weight is 316 g/mol. The second-order valence-corrected chi connectivity index (χ2v) is 6.62. The van der Waals surface area contributed by atoms with Gasteiger partial charge in [0, 0.05) is 4.88 Å². The molecule has 0 saturated heterocycles. The molecule has 0 bridgehead atoms. The number of aliphatic hydroxyl groups is 1. The van der Waals surface area contributed by atoms with Crippen LogP contribution in [0.1, 0.15) is 29.1 Å². The predicted molar refractivity (Wildman–Crippen MR) is 86.0 cm³/mol. The summed E-state index contributed by atoms with van der Waals surface area (Å²) in [6.45, 7) is 3.51. The van der Waals surface area contributed by atoms with Crippen molar-refractivity contribution in [3.8, 4) is 10.7 Å². The fourth-order valence-electron chi connectivity index (χ4n) is 2.17. The molecular weight excluding hydrogens is 300 g/mol. The van der Waals surface area contributed by atoms with Gasteiger partial charge in [0.15, 0.2) is 0 Å². The number of thiophene rings is 1. The largest absolute Gasteiger partial charge is 0.465 e. The molecule has 6 heteroatoms. The fraction of sp³-hybridized carbons (Fsp3) is 0.250. The lowest BCUT2D eigenvalue weighted by Crippen LogP contribution is -2.12. The minimum absolute atomic E-state index is 0.376. The molecule has 2 aromatic heterocycles. The molecule has 0 saturated carbocycles. The van der Waals surface area contributed by atoms with Crippen LogP contribution < -0.4 is 0 Å². The number of H-pyrrole nitrogens is 1. The maximum atomic E-state index is 11.6. The minimum Gasteiger partial charge on any atom is -0.465 e. The first-order chi connectivity index (χ1) is 10.4. The second kappa shape index (κ2) is 5.23. The van der Waals surface area contributed by atoms with Crippen molar-refractivity contribution in [1.29, 1.82) is 0 Å². The van der Waals surface area contributed by atoms with Crippen LogP contribution in [0.2, 0.25) is 0 Å². The molecule has 5 nitrogen and oxygen atoms in total. The van der Waals surface area contributed by atoms with Crippen LogP contribution in [0.25, 0.3) is 21.7 Å². The Hall–Kier alpha value is -2.18. The molecule has 0 aliphatic heterocycles. The third-order valence-corrected chi connectivity index (χ3v) is 4.75. The van der Waals surface area contributed by atoms with Crippen molar-refractivity contribution in [2.75, 3.05) is 7.11 Å². The van der Waals surface area contributed by atoms with E-state index in [4.69, 9.17) is 4.74 Å². The van der Waals surface area contributed by atoms with E-state index in [1.165, 1.54) is 18.4 Å². The first-order valence-electron chi connectivity index (χ1n) is 6.79. The Balaban J connectivity index is 2.01. The number of esters is 1. The van der Waals surface area contributed by atoms with Gasteiger partial charge in [0.05, 0.1) is 34.2 Å². The summed E-state index contributed by atoms with van der Waals surface area (Å²) >= 11 is 1.49. The third kappa shape index (κ3) is 2.63. The van der Waals surface area contributed by atoms with Gasteiger partial charge in [0.2, 0.25) is 0 Å². The number of carbonyl (C=O) groups excluding carboxylic acids is 1. The molecule has 0 unspecified atom stereocenters. The molecule has 0 radical (unpaired) electrons. The average Bonchev–Trinajstić information content (AvgIpc) is 3.11. The smallest absolute Gasteiger partial charge is 0.337 e. The van der Waals surface area contributed by atoms with Gasteiger partial charge in [0.1, 0.15) is 5.82 Å². The topological polar surface area (TPSA) is 75.2 Å². The zero-order valence-electron chi connectivity index (χ0n) is 12.5. The Morgan fingerprint density at radius 3 is 2.73 bits per heavy atom. The Morgan fingerprint density at radius 2 is 2.09 bits per heavy atom. The molecule has 1 aromatic carbocycles. The lowest BCUT2D eigenvalue weighted by molar-refractivity contribution is 0.0600. The van der Waals surface area contributed by atoms with E-state index in [1.54, 1.807) is 32.0 Å². The van der Waals surface area contributed by atoms with Crippen molar-refractivity contribution in [3.05, 3.63) is 40.8 Å². The van der Waals surface area contributed by atoms with E-state index in [0.29, 0.717) is 5.56 Å². The Kier molecular flexibility index (Phi) is 3.50. The standard InChI is InChI=1S/C16H16N2O3S/c1-16(2,20)13-7-6-12(22-13)14-17-10-5-4-9(15(19)21-3)8-11(10)18-14/h4-8,20H,1-3H3,(H,17,18). The van der Waals surface area contributed by atoms with E-state index in [9.17, 15) is 9.90 Å². The van der Waals surface area contributed by atoms with Gasteiger partial charge in [-0.1, -0.05) is 0 Å². The minimum atomic E-state index is -0.868. The van der Waals surface area contributed by atoms with Crippen molar-refractivity contribution in [2.45, 2.75) is 19.4 Å². The number of aromatic nitrogens is 2. The molecule has 2 N–H and O–H groups in total. The summed E-state index contributed by atoms with van der Waals surface area (Å²) in [5, 5.41) is 10.0. The summed E-state index contributed by atoms with van der Waals surface area (Å²) in [5.74, 6) is 0.344. The number of imidazole rings is 1. The van der Waals surface area contributed by atoms with E-state index in [2.05, 4.69) is 9.97 Å². The van der Waals surface area contributed by atoms with Crippen LogP contribution in [0.3, 0.4) is 0 Å². The van der Waals surface area contributed by atoms with Gasteiger partial charge < -0.3 is 14.8 Å². The van der Waals surface area contributed by atoms with Crippen LogP contribution in [0.5, 0.6) is 0 Å². The molecule has 2 heterocycles. The predicted octanol–water partition coefficient (Wildman–Crippen LogP) is 3.31. The molecule has 0 fully saturated rings. The van der Waals surface area contributed by atoms with E-state index < -0.39 is 5.60 Å². The summed E-state index contributed by atoms with van der Waals surface area (Å²) in [4.78, 5) is 21.1. The molecule has 22 heavy (non-hydrogen) atoms. The molecule has 0 amide bonds. The van der Waals surface area contributed by atoms with Crippen LogP contribution >= 0.6 is 11.3 Å². The first kappa shape index (κ1) is 14.7. The summed E-state index contributed by atoms with van der Waals surface area (Å²) in [6, 6.07) is 9.02. The molecule has 114 valence electrons. The van der Waals surface area contributed by atoms with Crippen molar-refractivity contribution in [1.82, 2.24) is 9.97 Å². The highest BCUT2D eigenvalue weighted by Gasteiger charge is 2.19. The number of nitrogens with one attached hydrogen (secondary N) is 1. The quantitative estimate of drug-likeness (QED) is 0.727. The number of rotatable bonds is 3. The zero-order chi connectivity index (χ0) is 15.9. The van der Waals surface area contributed by atoms with Crippen LogP contribution in [-0.4, -0.2) is 28.2 Å². The number of fused-ring (bicyclic) bond motifs is 1. The first-order valence-corrected chi connectivity index (χ1v) is 7.61. The lowest BCUT2D eigenvalue weighted by Gasteiger charge is -2.13. The van der Waals surface area contributed by atoms with E-state index in [-0.39, 0.29) is 5.97 Å². The Labute approximate surface area is 131 Å². The number of methoxy groups -OCH3 is 1. The van der Waals surface area contributed by atoms with Crippen molar-refractivity contribution < 1.29 is 14.6 Å². The van der Waals surface area contributed by atoms with E-state index in [0.717, 1.165) is 26.6 Å². The monoisotopic (exact) mass is 316 g/mol. The number of hydrogen-bond acceptors (Lipinski definition) is 5. The normalized spacial score (nSPS) is 11.8. The maximum absolute atomic E-state index is 11.6. The number of carbonyl (C=O) groups is 1. The van der Waals surface area contributed by atoms with Crippen LogP contribution in [0.4, 0.5) is 0 Å². The van der Waals surface area contributed by atoms with Crippen LogP contribution in [-0.2, 0) is 10.3 Å². The lowest BCUT2D eigenvalue weighted by atomic mass is 10.1. The maximum Gasteiger partial charge on any atom is 0.337 e. The number of hydrogen-bond donors (Lipinski definition) is 2. The van der Waals surface area contributed by atoms with E-state index in [1.807, 2.05) is 12.1 Å². The summed E-state index contributed by atoms with van der Waals surface area (Å²) < 4.78 is 4.72. The number of ether oxygens (including phenoxy) is 1. The molecule has 0 aliphatic carbocycles. The van der Waals surface area contributed by atoms with Crippen molar-refractivity contribution in [3.63, 3.8) is 0 Å². The Bertz CT molecular complexity index is 843. The second-order valence-electron chi connectivity index (χ2n) is 5.53.